The van der Waals surface area contributed by atoms with E-state index in [0.717, 1.165) is 19.1 Å². The van der Waals surface area contributed by atoms with Crippen molar-refractivity contribution in [2.75, 3.05) is 26.2 Å². The molecule has 3 aliphatic rings. The first-order valence-corrected chi connectivity index (χ1v) is 13.6. The van der Waals surface area contributed by atoms with E-state index in [4.69, 9.17) is 4.74 Å². The first kappa shape index (κ1) is 23.6. The van der Waals surface area contributed by atoms with Gasteiger partial charge >= 0.3 is 0 Å². The lowest BCUT2D eigenvalue weighted by molar-refractivity contribution is 0.00669. The first-order valence-electron chi connectivity index (χ1n) is 13.6. The fraction of sp³-hybridized carbons (Fsp3) is 0.548. The van der Waals surface area contributed by atoms with E-state index < -0.39 is 0 Å². The Morgan fingerprint density at radius 3 is 2.32 bits per heavy atom. The summed E-state index contributed by atoms with van der Waals surface area (Å²) in [5.41, 5.74) is 7.00. The van der Waals surface area contributed by atoms with E-state index >= 15 is 0 Å². The summed E-state index contributed by atoms with van der Waals surface area (Å²) in [5, 5.41) is 9.81. The van der Waals surface area contributed by atoms with Gasteiger partial charge in [0.2, 0.25) is 0 Å². The highest BCUT2D eigenvalue weighted by atomic mass is 16.5. The summed E-state index contributed by atoms with van der Waals surface area (Å²) in [6.45, 7) is 6.80. The zero-order chi connectivity index (χ0) is 23.3. The van der Waals surface area contributed by atoms with Gasteiger partial charge in [0.1, 0.15) is 5.75 Å². The van der Waals surface area contributed by atoms with Gasteiger partial charge in [-0.05, 0) is 111 Å². The number of aromatic hydroxyl groups is 1. The maximum absolute atomic E-state index is 9.81. The molecule has 0 aromatic heterocycles. The van der Waals surface area contributed by atoms with Crippen LogP contribution in [0.1, 0.15) is 87.3 Å². The Balaban J connectivity index is 1.18. The molecule has 1 unspecified atom stereocenters. The lowest BCUT2D eigenvalue weighted by atomic mass is 9.77. The van der Waals surface area contributed by atoms with Gasteiger partial charge < -0.3 is 14.7 Å². The SMILES string of the molecule is CC1=C(c2ccc(O)cc2)C(CC2CCC(OCCN3CCCCCC3)CC2)c2ccccc21. The zero-order valence-corrected chi connectivity index (χ0v) is 20.8. The summed E-state index contributed by atoms with van der Waals surface area (Å²) in [6.07, 6.45) is 12.1. The van der Waals surface area contributed by atoms with E-state index in [9.17, 15) is 5.11 Å². The van der Waals surface area contributed by atoms with Crippen LogP contribution < -0.4 is 0 Å². The molecule has 0 bridgehead atoms. The second-order valence-electron chi connectivity index (χ2n) is 10.7. The van der Waals surface area contributed by atoms with Crippen LogP contribution in [0.15, 0.2) is 48.5 Å². The van der Waals surface area contributed by atoms with Crippen LogP contribution in [0.2, 0.25) is 0 Å². The maximum atomic E-state index is 9.81. The number of phenols is 1. The maximum Gasteiger partial charge on any atom is 0.115 e. The number of likely N-dealkylation sites (tertiary alicyclic amines) is 1. The van der Waals surface area contributed by atoms with Crippen LogP contribution in [0.5, 0.6) is 5.75 Å². The lowest BCUT2D eigenvalue weighted by Crippen LogP contribution is -2.31. The average Bonchev–Trinajstić information content (AvgIpc) is 3.00. The van der Waals surface area contributed by atoms with Crippen LogP contribution in [-0.2, 0) is 4.74 Å². The summed E-state index contributed by atoms with van der Waals surface area (Å²) in [6, 6.07) is 16.8. The van der Waals surface area contributed by atoms with Gasteiger partial charge in [-0.15, -0.1) is 0 Å². The number of hydrogen-bond acceptors (Lipinski definition) is 3. The van der Waals surface area contributed by atoms with Gasteiger partial charge in [-0.2, -0.15) is 0 Å². The normalized spacial score (nSPS) is 25.9. The van der Waals surface area contributed by atoms with E-state index in [0.29, 0.717) is 17.8 Å². The third-order valence-electron chi connectivity index (χ3n) is 8.49. The average molecular weight is 460 g/mol. The van der Waals surface area contributed by atoms with Crippen molar-refractivity contribution in [2.24, 2.45) is 5.92 Å². The topological polar surface area (TPSA) is 32.7 Å². The van der Waals surface area contributed by atoms with Gasteiger partial charge in [0.05, 0.1) is 12.7 Å². The summed E-state index contributed by atoms with van der Waals surface area (Å²) in [5.74, 6) is 1.54. The van der Waals surface area contributed by atoms with Gasteiger partial charge in [-0.3, -0.25) is 0 Å². The Kier molecular flexibility index (Phi) is 7.71. The second-order valence-corrected chi connectivity index (χ2v) is 10.7. The molecule has 1 atom stereocenters. The van der Waals surface area contributed by atoms with Crippen LogP contribution in [0.4, 0.5) is 0 Å². The largest absolute Gasteiger partial charge is 0.508 e. The molecule has 5 rings (SSSR count). The van der Waals surface area contributed by atoms with Crippen molar-refractivity contribution in [3.8, 4) is 5.75 Å². The van der Waals surface area contributed by atoms with Crippen molar-refractivity contribution < 1.29 is 9.84 Å². The smallest absolute Gasteiger partial charge is 0.115 e. The second kappa shape index (κ2) is 11.1. The van der Waals surface area contributed by atoms with Crippen LogP contribution in [0.3, 0.4) is 0 Å². The predicted molar refractivity (Wildman–Crippen MR) is 141 cm³/mol. The first-order chi connectivity index (χ1) is 16.7. The molecule has 182 valence electrons. The van der Waals surface area contributed by atoms with Gasteiger partial charge in [-0.1, -0.05) is 49.2 Å². The number of ether oxygens (including phenoxy) is 1. The van der Waals surface area contributed by atoms with Crippen molar-refractivity contribution in [3.05, 3.63) is 65.2 Å². The summed E-state index contributed by atoms with van der Waals surface area (Å²) in [4.78, 5) is 2.61. The van der Waals surface area contributed by atoms with Crippen LogP contribution in [0, 0.1) is 5.92 Å². The van der Waals surface area contributed by atoms with Crippen molar-refractivity contribution in [1.29, 1.82) is 0 Å². The van der Waals surface area contributed by atoms with E-state index in [-0.39, 0.29) is 0 Å². The summed E-state index contributed by atoms with van der Waals surface area (Å²) < 4.78 is 6.35. The molecule has 2 fully saturated rings. The number of fused-ring (bicyclic) bond motifs is 1. The minimum atomic E-state index is 0.336. The Morgan fingerprint density at radius 2 is 1.59 bits per heavy atom. The van der Waals surface area contributed by atoms with Gasteiger partial charge in [0.15, 0.2) is 0 Å². The Morgan fingerprint density at radius 1 is 0.882 bits per heavy atom. The number of hydrogen-bond donors (Lipinski definition) is 1. The Bertz CT molecular complexity index is 963. The van der Waals surface area contributed by atoms with E-state index in [1.807, 2.05) is 12.1 Å². The van der Waals surface area contributed by atoms with Crippen molar-refractivity contribution in [3.63, 3.8) is 0 Å². The third-order valence-corrected chi connectivity index (χ3v) is 8.49. The van der Waals surface area contributed by atoms with Gasteiger partial charge in [-0.25, -0.2) is 0 Å². The molecule has 2 aromatic carbocycles. The molecule has 3 nitrogen and oxygen atoms in total. The molecule has 1 saturated carbocycles. The molecule has 34 heavy (non-hydrogen) atoms. The number of benzene rings is 2. The summed E-state index contributed by atoms with van der Waals surface area (Å²) in [7, 11) is 0. The van der Waals surface area contributed by atoms with Gasteiger partial charge in [0, 0.05) is 12.5 Å². The molecule has 1 heterocycles. The quantitative estimate of drug-likeness (QED) is 0.473. The molecule has 0 spiro atoms. The van der Waals surface area contributed by atoms with Crippen LogP contribution in [-0.4, -0.2) is 42.4 Å². The molecule has 2 aromatic rings. The highest BCUT2D eigenvalue weighted by Crippen LogP contribution is 2.50. The molecule has 0 radical (unpaired) electrons. The molecule has 0 amide bonds. The highest BCUT2D eigenvalue weighted by molar-refractivity contribution is 5.98. The zero-order valence-electron chi connectivity index (χ0n) is 20.8. The Labute approximate surface area is 205 Å². The molecule has 1 N–H and O–H groups in total. The van der Waals surface area contributed by atoms with Crippen LogP contribution in [0.25, 0.3) is 11.1 Å². The van der Waals surface area contributed by atoms with E-state index in [2.05, 4.69) is 48.2 Å². The van der Waals surface area contributed by atoms with Crippen molar-refractivity contribution in [2.45, 2.75) is 76.7 Å². The van der Waals surface area contributed by atoms with Gasteiger partial charge in [0.25, 0.3) is 0 Å². The number of nitrogens with zero attached hydrogens (tertiary/aromatic N) is 1. The predicted octanol–water partition coefficient (Wildman–Crippen LogP) is 7.26. The molecule has 2 aliphatic carbocycles. The van der Waals surface area contributed by atoms with Crippen molar-refractivity contribution >= 4 is 11.1 Å². The monoisotopic (exact) mass is 459 g/mol. The molecular weight excluding hydrogens is 418 g/mol. The van der Waals surface area contributed by atoms with E-state index in [1.54, 1.807) is 0 Å². The molecule has 3 heteroatoms. The fourth-order valence-corrected chi connectivity index (χ4v) is 6.58. The number of phenolic OH excluding ortho intramolecular Hbond substituents is 1. The third kappa shape index (κ3) is 5.42. The standard InChI is InChI=1S/C31H41NO2/c1-23-28-8-4-5-9-29(28)30(31(23)25-12-14-26(33)15-13-25)22-24-10-16-27(17-11-24)34-21-20-32-18-6-2-3-7-19-32/h4-5,8-9,12-15,24,27,30,33H,2-3,6-7,10-11,16-22H2,1H3. The Hall–Kier alpha value is -2.10. The number of rotatable bonds is 7. The van der Waals surface area contributed by atoms with E-state index in [1.165, 1.54) is 98.7 Å². The minimum absolute atomic E-state index is 0.336. The number of allylic oxidation sites excluding steroid dienone is 2. The molecule has 1 aliphatic heterocycles. The lowest BCUT2D eigenvalue weighted by Gasteiger charge is -2.32. The summed E-state index contributed by atoms with van der Waals surface area (Å²) >= 11 is 0. The van der Waals surface area contributed by atoms with Crippen molar-refractivity contribution in [1.82, 2.24) is 4.90 Å². The molecular formula is C31H41NO2. The molecule has 1 saturated heterocycles. The van der Waals surface area contributed by atoms with Crippen LogP contribution >= 0.6 is 0 Å². The fourth-order valence-electron chi connectivity index (χ4n) is 6.58. The minimum Gasteiger partial charge on any atom is -0.508 e. The highest BCUT2D eigenvalue weighted by Gasteiger charge is 2.33.